The zero-order chi connectivity index (χ0) is 18.1. The third-order valence-corrected chi connectivity index (χ3v) is 3.98. The minimum atomic E-state index is -0.317. The number of halogens is 1. The average molecular weight is 401 g/mol. The Bertz CT molecular complexity index is 757. The molecule has 7 heteroatoms. The number of aromatic nitrogens is 1. The lowest BCUT2D eigenvalue weighted by Crippen LogP contribution is -2.40. The number of amides is 2. The van der Waals surface area contributed by atoms with Crippen molar-refractivity contribution in [2.75, 3.05) is 13.1 Å². The highest BCUT2D eigenvalue weighted by atomic mass is 79.9. The predicted molar refractivity (Wildman–Crippen MR) is 96.4 cm³/mol. The fraction of sp³-hybridized carbons (Fsp3) is 0.222. The van der Waals surface area contributed by atoms with Gasteiger partial charge in [-0.2, -0.15) is 5.26 Å². The number of rotatable bonds is 7. The molecule has 2 rings (SSSR count). The van der Waals surface area contributed by atoms with Gasteiger partial charge in [0.1, 0.15) is 0 Å². The van der Waals surface area contributed by atoms with Gasteiger partial charge >= 0.3 is 0 Å². The van der Waals surface area contributed by atoms with E-state index >= 15 is 0 Å². The van der Waals surface area contributed by atoms with Crippen molar-refractivity contribution in [3.63, 3.8) is 0 Å². The number of hydrogen-bond acceptors (Lipinski definition) is 4. The van der Waals surface area contributed by atoms with Crippen molar-refractivity contribution in [3.8, 4) is 6.07 Å². The van der Waals surface area contributed by atoms with Gasteiger partial charge in [-0.15, -0.1) is 0 Å². The van der Waals surface area contributed by atoms with Gasteiger partial charge in [-0.1, -0.05) is 22.0 Å². The van der Waals surface area contributed by atoms with E-state index in [4.69, 9.17) is 5.26 Å². The Morgan fingerprint density at radius 1 is 1.24 bits per heavy atom. The minimum absolute atomic E-state index is 0.124. The van der Waals surface area contributed by atoms with Crippen LogP contribution in [-0.2, 0) is 11.3 Å². The molecule has 128 valence electrons. The highest BCUT2D eigenvalue weighted by Crippen LogP contribution is 2.10. The molecule has 0 aliphatic heterocycles. The van der Waals surface area contributed by atoms with E-state index in [0.717, 1.165) is 10.0 Å². The molecule has 6 nitrogen and oxygen atoms in total. The number of nitrogens with one attached hydrogen (secondary N) is 1. The summed E-state index contributed by atoms with van der Waals surface area (Å²) in [5.74, 6) is -0.563. The van der Waals surface area contributed by atoms with Crippen LogP contribution in [0, 0.1) is 11.3 Å². The molecule has 1 aromatic heterocycles. The molecule has 0 unspecified atom stereocenters. The van der Waals surface area contributed by atoms with Crippen molar-refractivity contribution in [1.82, 2.24) is 15.2 Å². The molecule has 1 N–H and O–H groups in total. The molecule has 0 aliphatic carbocycles. The van der Waals surface area contributed by atoms with Gasteiger partial charge < -0.3 is 10.2 Å². The van der Waals surface area contributed by atoms with Gasteiger partial charge in [0, 0.05) is 35.5 Å². The summed E-state index contributed by atoms with van der Waals surface area (Å²) in [6.07, 6.45) is 3.56. The molecule has 2 aromatic rings. The molecule has 25 heavy (non-hydrogen) atoms. The summed E-state index contributed by atoms with van der Waals surface area (Å²) < 4.78 is 0.874. The molecule has 0 spiro atoms. The highest BCUT2D eigenvalue weighted by Gasteiger charge is 2.15. The first kappa shape index (κ1) is 18.6. The van der Waals surface area contributed by atoms with Crippen molar-refractivity contribution in [3.05, 3.63) is 64.4 Å². The van der Waals surface area contributed by atoms with Crippen molar-refractivity contribution in [2.45, 2.75) is 13.0 Å². The Hall–Kier alpha value is -2.72. The van der Waals surface area contributed by atoms with E-state index in [1.54, 1.807) is 47.6 Å². The second-order valence-electron chi connectivity index (χ2n) is 5.27. The maximum absolute atomic E-state index is 12.4. The van der Waals surface area contributed by atoms with Crippen molar-refractivity contribution in [1.29, 1.82) is 5.26 Å². The van der Waals surface area contributed by atoms with Gasteiger partial charge in [-0.3, -0.25) is 14.6 Å². The van der Waals surface area contributed by atoms with Crippen LogP contribution in [0.25, 0.3) is 0 Å². The lowest BCUT2D eigenvalue weighted by molar-refractivity contribution is -0.130. The van der Waals surface area contributed by atoms with Crippen molar-refractivity contribution >= 4 is 27.7 Å². The maximum Gasteiger partial charge on any atom is 0.251 e. The standard InChI is InChI=1S/C18H17BrN4O2/c19-16-6-4-15(5-7-16)18(25)22-12-17(24)23(10-2-8-20)13-14-3-1-9-21-11-14/h1,3-7,9,11H,2,10,12-13H2,(H,22,25). The lowest BCUT2D eigenvalue weighted by atomic mass is 10.2. The number of carbonyl (C=O) groups excluding carboxylic acids is 2. The van der Waals surface area contributed by atoms with Gasteiger partial charge in [0.15, 0.2) is 0 Å². The SMILES string of the molecule is N#CCCN(Cc1cccnc1)C(=O)CNC(=O)c1ccc(Br)cc1. The second-order valence-corrected chi connectivity index (χ2v) is 6.19. The first-order valence-electron chi connectivity index (χ1n) is 7.67. The van der Waals surface area contributed by atoms with E-state index in [1.165, 1.54) is 0 Å². The van der Waals surface area contributed by atoms with E-state index in [-0.39, 0.29) is 24.8 Å². The summed E-state index contributed by atoms with van der Waals surface area (Å²) in [4.78, 5) is 30.1. The fourth-order valence-corrected chi connectivity index (χ4v) is 2.42. The third kappa shape index (κ3) is 6.01. The fourth-order valence-electron chi connectivity index (χ4n) is 2.16. The van der Waals surface area contributed by atoms with E-state index < -0.39 is 0 Å². The van der Waals surface area contributed by atoms with Gasteiger partial charge in [0.05, 0.1) is 19.0 Å². The van der Waals surface area contributed by atoms with Gasteiger partial charge in [0.25, 0.3) is 5.91 Å². The quantitative estimate of drug-likeness (QED) is 0.773. The van der Waals surface area contributed by atoms with Crippen LogP contribution in [0.1, 0.15) is 22.3 Å². The second kappa shape index (κ2) is 9.55. The Kier molecular flexibility index (Phi) is 7.11. The highest BCUT2D eigenvalue weighted by molar-refractivity contribution is 9.10. The summed E-state index contributed by atoms with van der Waals surface area (Å²) in [6, 6.07) is 12.6. The molecule has 0 aliphatic rings. The van der Waals surface area contributed by atoms with Crippen LogP contribution >= 0.6 is 15.9 Å². The number of benzene rings is 1. The Morgan fingerprint density at radius 3 is 2.64 bits per heavy atom. The van der Waals surface area contributed by atoms with Crippen molar-refractivity contribution in [2.24, 2.45) is 0 Å². The topological polar surface area (TPSA) is 86.1 Å². The minimum Gasteiger partial charge on any atom is -0.343 e. The molecule has 0 radical (unpaired) electrons. The summed E-state index contributed by atoms with van der Waals surface area (Å²) in [5, 5.41) is 11.4. The number of nitriles is 1. The molecular weight excluding hydrogens is 384 g/mol. The third-order valence-electron chi connectivity index (χ3n) is 3.45. The number of carbonyl (C=O) groups is 2. The summed E-state index contributed by atoms with van der Waals surface area (Å²) in [6.45, 7) is 0.529. The van der Waals surface area contributed by atoms with Crippen LogP contribution in [-0.4, -0.2) is 34.8 Å². The Morgan fingerprint density at radius 2 is 2.00 bits per heavy atom. The zero-order valence-electron chi connectivity index (χ0n) is 13.5. The van der Waals surface area contributed by atoms with Crippen LogP contribution in [0.3, 0.4) is 0 Å². The van der Waals surface area contributed by atoms with Crippen LogP contribution in [0.15, 0.2) is 53.3 Å². The van der Waals surface area contributed by atoms with E-state index in [1.807, 2.05) is 12.1 Å². The van der Waals surface area contributed by atoms with Crippen LogP contribution in [0.2, 0.25) is 0 Å². The molecule has 0 fully saturated rings. The molecule has 0 saturated heterocycles. The average Bonchev–Trinajstić information content (AvgIpc) is 2.64. The zero-order valence-corrected chi connectivity index (χ0v) is 15.1. The van der Waals surface area contributed by atoms with E-state index in [0.29, 0.717) is 18.7 Å². The molecule has 0 atom stereocenters. The smallest absolute Gasteiger partial charge is 0.251 e. The number of nitrogens with zero attached hydrogens (tertiary/aromatic N) is 3. The van der Waals surface area contributed by atoms with E-state index in [9.17, 15) is 9.59 Å². The molecule has 0 saturated carbocycles. The first-order chi connectivity index (χ1) is 12.1. The normalized spacial score (nSPS) is 9.92. The van der Waals surface area contributed by atoms with Crippen LogP contribution in [0.4, 0.5) is 0 Å². The Balaban J connectivity index is 1.95. The number of pyridine rings is 1. The van der Waals surface area contributed by atoms with E-state index in [2.05, 4.69) is 26.2 Å². The van der Waals surface area contributed by atoms with Gasteiger partial charge in [-0.25, -0.2) is 0 Å². The number of hydrogen-bond donors (Lipinski definition) is 1. The predicted octanol–water partition coefficient (Wildman–Crippen LogP) is 2.52. The molecule has 1 heterocycles. The molecule has 0 bridgehead atoms. The van der Waals surface area contributed by atoms with Gasteiger partial charge in [0.2, 0.25) is 5.91 Å². The summed E-state index contributed by atoms with van der Waals surface area (Å²) in [5.41, 5.74) is 1.35. The van der Waals surface area contributed by atoms with Crippen LogP contribution in [0.5, 0.6) is 0 Å². The van der Waals surface area contributed by atoms with Gasteiger partial charge in [-0.05, 0) is 35.9 Å². The summed E-state index contributed by atoms with van der Waals surface area (Å²) >= 11 is 3.31. The largest absolute Gasteiger partial charge is 0.343 e. The summed E-state index contributed by atoms with van der Waals surface area (Å²) in [7, 11) is 0. The monoisotopic (exact) mass is 400 g/mol. The lowest BCUT2D eigenvalue weighted by Gasteiger charge is -2.21. The first-order valence-corrected chi connectivity index (χ1v) is 8.47. The molecule has 2 amide bonds. The van der Waals surface area contributed by atoms with Crippen LogP contribution < -0.4 is 5.32 Å². The maximum atomic E-state index is 12.4. The Labute approximate surface area is 154 Å². The molecular formula is C18H17BrN4O2. The van der Waals surface area contributed by atoms with Crippen molar-refractivity contribution < 1.29 is 9.59 Å². The molecule has 1 aromatic carbocycles.